The number of rotatable bonds is 7. The summed E-state index contributed by atoms with van der Waals surface area (Å²) in [6.07, 6.45) is 1.44. The monoisotopic (exact) mass is 486 g/mol. The van der Waals surface area contributed by atoms with E-state index < -0.39 is 5.91 Å². The van der Waals surface area contributed by atoms with Crippen LogP contribution in [0.5, 0.6) is 11.5 Å². The van der Waals surface area contributed by atoms with E-state index in [1.54, 1.807) is 60.7 Å². The van der Waals surface area contributed by atoms with E-state index in [-0.39, 0.29) is 12.2 Å². The molecule has 8 heteroatoms. The molecule has 5 nitrogen and oxygen atoms in total. The highest BCUT2D eigenvalue weighted by molar-refractivity contribution is 6.35. The number of halogens is 3. The molecule has 1 amide bonds. The van der Waals surface area contributed by atoms with Gasteiger partial charge in [-0.3, -0.25) is 4.79 Å². The van der Waals surface area contributed by atoms with Gasteiger partial charge in [0.15, 0.2) is 0 Å². The zero-order valence-corrected chi connectivity index (χ0v) is 19.1. The third-order valence-electron chi connectivity index (χ3n) is 4.37. The molecule has 0 saturated carbocycles. The van der Waals surface area contributed by atoms with Crippen LogP contribution in [0.25, 0.3) is 6.08 Å². The van der Waals surface area contributed by atoms with Crippen molar-refractivity contribution in [3.05, 3.63) is 92.4 Å². The second-order valence-corrected chi connectivity index (χ2v) is 7.84. The topological polar surface area (TPSA) is 71.3 Å². The molecule has 32 heavy (non-hydrogen) atoms. The Bertz CT molecular complexity index is 1220. The summed E-state index contributed by atoms with van der Waals surface area (Å²) in [6, 6.07) is 18.8. The standard InChI is InChI=1S/C24H17Cl3N2O3/c1-31-21-8-6-15(23(12-21)32-14-16-5-7-19(26)11-22(16)27)9-17(13-28)24(30)29-20-4-2-3-18(25)10-20/h2-12H,14H2,1H3,(H,29,30)/b17-9+. The van der Waals surface area contributed by atoms with Crippen LogP contribution in [0.4, 0.5) is 5.69 Å². The molecule has 0 aliphatic carbocycles. The van der Waals surface area contributed by atoms with Gasteiger partial charge in [-0.05, 0) is 48.5 Å². The molecule has 0 radical (unpaired) electrons. The predicted molar refractivity (Wildman–Crippen MR) is 127 cm³/mol. The molecule has 0 aromatic heterocycles. The number of benzene rings is 3. The molecule has 3 aromatic carbocycles. The van der Waals surface area contributed by atoms with E-state index in [0.717, 1.165) is 5.56 Å². The van der Waals surface area contributed by atoms with Crippen molar-refractivity contribution in [2.75, 3.05) is 12.4 Å². The summed E-state index contributed by atoms with van der Waals surface area (Å²) in [5.41, 5.74) is 1.62. The van der Waals surface area contributed by atoms with Gasteiger partial charge < -0.3 is 14.8 Å². The maximum atomic E-state index is 12.6. The molecule has 0 aliphatic heterocycles. The summed E-state index contributed by atoms with van der Waals surface area (Å²) >= 11 is 18.1. The van der Waals surface area contributed by atoms with Crippen LogP contribution >= 0.6 is 34.8 Å². The summed E-state index contributed by atoms with van der Waals surface area (Å²) in [4.78, 5) is 12.6. The smallest absolute Gasteiger partial charge is 0.266 e. The van der Waals surface area contributed by atoms with E-state index in [9.17, 15) is 10.1 Å². The minimum Gasteiger partial charge on any atom is -0.497 e. The van der Waals surface area contributed by atoms with Crippen LogP contribution in [-0.4, -0.2) is 13.0 Å². The van der Waals surface area contributed by atoms with Crippen LogP contribution in [-0.2, 0) is 11.4 Å². The van der Waals surface area contributed by atoms with Gasteiger partial charge in [-0.25, -0.2) is 0 Å². The highest BCUT2D eigenvalue weighted by Crippen LogP contribution is 2.29. The van der Waals surface area contributed by atoms with Gasteiger partial charge in [-0.1, -0.05) is 46.9 Å². The Kier molecular flexibility index (Phi) is 8.02. The van der Waals surface area contributed by atoms with E-state index in [4.69, 9.17) is 44.3 Å². The molecule has 3 aromatic rings. The fraction of sp³-hybridized carbons (Fsp3) is 0.0833. The molecule has 0 aliphatic rings. The van der Waals surface area contributed by atoms with E-state index >= 15 is 0 Å². The van der Waals surface area contributed by atoms with Crippen LogP contribution in [0.15, 0.2) is 66.2 Å². The van der Waals surface area contributed by atoms with Crippen LogP contribution in [0.3, 0.4) is 0 Å². The summed E-state index contributed by atoms with van der Waals surface area (Å²) in [5, 5.41) is 13.7. The minimum atomic E-state index is -0.572. The van der Waals surface area contributed by atoms with Gasteiger partial charge in [0.1, 0.15) is 29.7 Å². The fourth-order valence-corrected chi connectivity index (χ4v) is 3.40. The molecule has 0 bridgehead atoms. The molecular weight excluding hydrogens is 471 g/mol. The quantitative estimate of drug-likeness (QED) is 0.294. The molecule has 3 rings (SSSR count). The number of carbonyl (C=O) groups excluding carboxylic acids is 1. The van der Waals surface area contributed by atoms with E-state index in [0.29, 0.717) is 37.8 Å². The first kappa shape index (κ1) is 23.5. The number of nitrogens with zero attached hydrogens (tertiary/aromatic N) is 1. The second kappa shape index (κ2) is 10.9. The highest BCUT2D eigenvalue weighted by Gasteiger charge is 2.13. The van der Waals surface area contributed by atoms with Crippen molar-refractivity contribution < 1.29 is 14.3 Å². The molecule has 0 fully saturated rings. The van der Waals surface area contributed by atoms with Gasteiger partial charge in [-0.15, -0.1) is 0 Å². The molecular formula is C24H17Cl3N2O3. The number of amides is 1. The Morgan fingerprint density at radius 1 is 1.06 bits per heavy atom. The summed E-state index contributed by atoms with van der Waals surface area (Å²) in [7, 11) is 1.53. The number of methoxy groups -OCH3 is 1. The second-order valence-electron chi connectivity index (χ2n) is 6.56. The molecule has 0 saturated heterocycles. The van der Waals surface area contributed by atoms with Crippen molar-refractivity contribution in [3.8, 4) is 17.6 Å². The molecule has 0 unspecified atom stereocenters. The molecule has 1 N–H and O–H groups in total. The third-order valence-corrected chi connectivity index (χ3v) is 5.19. The maximum absolute atomic E-state index is 12.6. The van der Waals surface area contributed by atoms with Crippen LogP contribution in [0.2, 0.25) is 15.1 Å². The Morgan fingerprint density at radius 2 is 1.84 bits per heavy atom. The van der Waals surface area contributed by atoms with Crippen molar-refractivity contribution in [3.63, 3.8) is 0 Å². The third kappa shape index (κ3) is 6.18. The Balaban J connectivity index is 1.87. The van der Waals surface area contributed by atoms with Crippen molar-refractivity contribution in [1.29, 1.82) is 5.26 Å². The zero-order valence-electron chi connectivity index (χ0n) is 16.9. The van der Waals surface area contributed by atoms with E-state index in [2.05, 4.69) is 5.32 Å². The van der Waals surface area contributed by atoms with Gasteiger partial charge in [-0.2, -0.15) is 5.26 Å². The number of hydrogen-bond donors (Lipinski definition) is 1. The summed E-state index contributed by atoms with van der Waals surface area (Å²) < 4.78 is 11.2. The number of hydrogen-bond acceptors (Lipinski definition) is 4. The van der Waals surface area contributed by atoms with E-state index in [1.807, 2.05) is 6.07 Å². The van der Waals surface area contributed by atoms with Gasteiger partial charge in [0.2, 0.25) is 0 Å². The molecule has 0 atom stereocenters. The minimum absolute atomic E-state index is 0.107. The molecule has 0 heterocycles. The normalized spacial score (nSPS) is 10.9. The van der Waals surface area contributed by atoms with Crippen LogP contribution in [0, 0.1) is 11.3 Å². The largest absolute Gasteiger partial charge is 0.497 e. The first-order valence-corrected chi connectivity index (χ1v) is 10.5. The van der Waals surface area contributed by atoms with Crippen molar-refractivity contribution in [2.45, 2.75) is 6.61 Å². The van der Waals surface area contributed by atoms with Gasteiger partial charge >= 0.3 is 0 Å². The number of carbonyl (C=O) groups is 1. The summed E-state index contributed by atoms with van der Waals surface area (Å²) in [5.74, 6) is 0.400. The van der Waals surface area contributed by atoms with Gasteiger partial charge in [0, 0.05) is 37.9 Å². The predicted octanol–water partition coefficient (Wildman–Crippen LogP) is 6.78. The van der Waals surface area contributed by atoms with Gasteiger partial charge in [0.05, 0.1) is 7.11 Å². The average Bonchev–Trinajstić information content (AvgIpc) is 2.77. The van der Waals surface area contributed by atoms with E-state index in [1.165, 1.54) is 13.2 Å². The molecule has 0 spiro atoms. The zero-order chi connectivity index (χ0) is 23.1. The highest BCUT2D eigenvalue weighted by atomic mass is 35.5. The lowest BCUT2D eigenvalue weighted by molar-refractivity contribution is -0.112. The van der Waals surface area contributed by atoms with Crippen LogP contribution in [0.1, 0.15) is 11.1 Å². The lowest BCUT2D eigenvalue weighted by Crippen LogP contribution is -2.13. The van der Waals surface area contributed by atoms with Gasteiger partial charge in [0.25, 0.3) is 5.91 Å². The number of ether oxygens (including phenoxy) is 2. The Hall–Kier alpha value is -3.17. The maximum Gasteiger partial charge on any atom is 0.266 e. The fourth-order valence-electron chi connectivity index (χ4n) is 2.75. The number of nitriles is 1. The Morgan fingerprint density at radius 3 is 2.53 bits per heavy atom. The van der Waals surface area contributed by atoms with Crippen LogP contribution < -0.4 is 14.8 Å². The Labute approximate surface area is 200 Å². The SMILES string of the molecule is COc1ccc(/C=C(\C#N)C(=O)Nc2cccc(Cl)c2)c(OCc2ccc(Cl)cc2Cl)c1. The average molecular weight is 488 g/mol. The lowest BCUT2D eigenvalue weighted by Gasteiger charge is -2.13. The van der Waals surface area contributed by atoms with Crippen molar-refractivity contribution in [2.24, 2.45) is 0 Å². The molecule has 162 valence electrons. The number of anilines is 1. The number of nitrogens with one attached hydrogen (secondary N) is 1. The van der Waals surface area contributed by atoms with Crippen molar-refractivity contribution >= 4 is 52.5 Å². The summed E-state index contributed by atoms with van der Waals surface area (Å²) in [6.45, 7) is 0.153. The van der Waals surface area contributed by atoms with Crippen molar-refractivity contribution in [1.82, 2.24) is 0 Å². The lowest BCUT2D eigenvalue weighted by atomic mass is 10.1. The first-order chi connectivity index (χ1) is 15.4. The first-order valence-electron chi connectivity index (χ1n) is 9.33.